The zero-order valence-electron chi connectivity index (χ0n) is 22.4. The lowest BCUT2D eigenvalue weighted by molar-refractivity contribution is -0.135. The van der Waals surface area contributed by atoms with E-state index in [2.05, 4.69) is 26.8 Å². The molecular weight excluding hydrogens is 472 g/mol. The number of esters is 1. The number of aliphatic hydroxyl groups is 2. The first-order chi connectivity index (χ1) is 17.8. The summed E-state index contributed by atoms with van der Waals surface area (Å²) in [6, 6.07) is 0. The van der Waals surface area contributed by atoms with E-state index in [0.29, 0.717) is 37.2 Å². The van der Waals surface area contributed by atoms with E-state index in [1.807, 2.05) is 12.2 Å². The van der Waals surface area contributed by atoms with Crippen LogP contribution in [0, 0.1) is 17.8 Å². The smallest absolute Gasteiger partial charge is 0.335 e. The standard InChI is InChI=1S/C30H44O7/c1-19-12-13-34-23(15-19)10-11-25(31)27-18-28-30(37-28)26(32)17-21(3)14-20(2)16-24-8-4-6-22(35-24)7-5-9-29(33)36-27/h4-6,9-11,18-26,28,30-32H,7-8,12-17H2,1-3H3/b9-5-,11-10+,27-18+/t19?,20?,21?,22?,23?,24-,25?,26-,28-,30?/m0/s1. The summed E-state index contributed by atoms with van der Waals surface area (Å²) in [5.74, 6) is 0.901. The quantitative estimate of drug-likeness (QED) is 0.326. The summed E-state index contributed by atoms with van der Waals surface area (Å²) < 4.78 is 23.3. The zero-order valence-corrected chi connectivity index (χ0v) is 22.4. The molecule has 2 fully saturated rings. The predicted molar refractivity (Wildman–Crippen MR) is 140 cm³/mol. The van der Waals surface area contributed by atoms with Crippen LogP contribution < -0.4 is 0 Å². The molecule has 7 nitrogen and oxygen atoms in total. The van der Waals surface area contributed by atoms with Gasteiger partial charge in [0.15, 0.2) is 0 Å². The number of rotatable bonds is 3. The molecule has 37 heavy (non-hydrogen) atoms. The highest BCUT2D eigenvalue weighted by molar-refractivity contribution is 5.82. The fraction of sp³-hybridized carbons (Fsp3) is 0.700. The third-order valence-electron chi connectivity index (χ3n) is 7.72. The summed E-state index contributed by atoms with van der Waals surface area (Å²) in [6.07, 6.45) is 15.9. The van der Waals surface area contributed by atoms with E-state index in [1.54, 1.807) is 18.2 Å². The SMILES string of the molecule is CC1CCOC(/C=C/C(O)/C2=C\[C@@H]3OC3[C@@H](O)CC(C)CC(C)C[C@@H]3CC=CC(C/C=C\C(=O)O2)O3)C1. The Kier molecular flexibility index (Phi) is 10.2. The summed E-state index contributed by atoms with van der Waals surface area (Å²) in [5, 5.41) is 21.7. The van der Waals surface area contributed by atoms with Crippen molar-refractivity contribution >= 4 is 5.97 Å². The number of aliphatic hydroxyl groups excluding tert-OH is 2. The Hall–Kier alpha value is -1.77. The molecule has 0 saturated carbocycles. The Balaban J connectivity index is 1.47. The molecule has 0 spiro atoms. The first kappa shape index (κ1) is 28.2. The molecule has 2 bridgehead atoms. The van der Waals surface area contributed by atoms with Gasteiger partial charge in [0.05, 0.1) is 24.4 Å². The molecule has 10 atom stereocenters. The van der Waals surface area contributed by atoms with Gasteiger partial charge in [0, 0.05) is 12.7 Å². The van der Waals surface area contributed by atoms with Gasteiger partial charge in [0.1, 0.15) is 24.1 Å². The summed E-state index contributed by atoms with van der Waals surface area (Å²) in [4.78, 5) is 12.6. The van der Waals surface area contributed by atoms with Crippen molar-refractivity contribution in [2.45, 2.75) is 108 Å². The molecule has 0 amide bonds. The van der Waals surface area contributed by atoms with Crippen LogP contribution in [0.3, 0.4) is 0 Å². The maximum Gasteiger partial charge on any atom is 0.335 e. The molecular formula is C30H44O7. The van der Waals surface area contributed by atoms with Gasteiger partial charge in [-0.15, -0.1) is 0 Å². The normalized spacial score (nSPS) is 43.0. The van der Waals surface area contributed by atoms with Crippen molar-refractivity contribution in [1.82, 2.24) is 0 Å². The number of hydrogen-bond donors (Lipinski definition) is 2. The number of fused-ring (bicyclic) bond motifs is 3. The van der Waals surface area contributed by atoms with E-state index >= 15 is 0 Å². The molecule has 7 heteroatoms. The van der Waals surface area contributed by atoms with Gasteiger partial charge in [-0.25, -0.2) is 4.79 Å². The van der Waals surface area contributed by atoms with E-state index < -0.39 is 24.3 Å². The maximum absolute atomic E-state index is 12.6. The van der Waals surface area contributed by atoms with Crippen LogP contribution >= 0.6 is 0 Å². The van der Waals surface area contributed by atoms with Crippen LogP contribution in [0.4, 0.5) is 0 Å². The second-order valence-electron chi connectivity index (χ2n) is 11.5. The summed E-state index contributed by atoms with van der Waals surface area (Å²) >= 11 is 0. The van der Waals surface area contributed by atoms with E-state index in [9.17, 15) is 15.0 Å². The fourth-order valence-electron chi connectivity index (χ4n) is 5.74. The third kappa shape index (κ3) is 8.89. The van der Waals surface area contributed by atoms with Crippen LogP contribution in [-0.2, 0) is 23.7 Å². The third-order valence-corrected chi connectivity index (χ3v) is 7.72. The Bertz CT molecular complexity index is 877. The number of carbonyl (C=O) groups excluding carboxylic acids is 1. The van der Waals surface area contributed by atoms with Crippen LogP contribution in [-0.4, -0.2) is 65.5 Å². The summed E-state index contributed by atoms with van der Waals surface area (Å²) in [6.45, 7) is 7.29. The lowest BCUT2D eigenvalue weighted by Crippen LogP contribution is -2.26. The van der Waals surface area contributed by atoms with Gasteiger partial charge in [0.2, 0.25) is 0 Å². The van der Waals surface area contributed by atoms with Crippen molar-refractivity contribution in [3.05, 3.63) is 48.3 Å². The van der Waals surface area contributed by atoms with Gasteiger partial charge >= 0.3 is 5.97 Å². The summed E-state index contributed by atoms with van der Waals surface area (Å²) in [7, 11) is 0. The first-order valence-corrected chi connectivity index (χ1v) is 14.0. The number of epoxide rings is 1. The average molecular weight is 517 g/mol. The highest BCUT2D eigenvalue weighted by Crippen LogP contribution is 2.33. The second kappa shape index (κ2) is 13.3. The molecule has 206 valence electrons. The Morgan fingerprint density at radius 2 is 1.81 bits per heavy atom. The molecule has 0 radical (unpaired) electrons. The predicted octanol–water partition coefficient (Wildman–Crippen LogP) is 4.39. The fourth-order valence-corrected chi connectivity index (χ4v) is 5.74. The minimum Gasteiger partial charge on any atom is -0.425 e. The van der Waals surface area contributed by atoms with E-state index in [-0.39, 0.29) is 30.2 Å². The Morgan fingerprint density at radius 1 is 1.00 bits per heavy atom. The van der Waals surface area contributed by atoms with Gasteiger partial charge in [-0.05, 0) is 68.8 Å². The van der Waals surface area contributed by atoms with E-state index in [4.69, 9.17) is 18.9 Å². The molecule has 0 aromatic heterocycles. The maximum atomic E-state index is 12.6. The minimum absolute atomic E-state index is 0.0724. The van der Waals surface area contributed by atoms with E-state index in [1.165, 1.54) is 6.08 Å². The highest BCUT2D eigenvalue weighted by atomic mass is 16.6. The Morgan fingerprint density at radius 3 is 2.62 bits per heavy atom. The molecule has 0 aromatic carbocycles. The lowest BCUT2D eigenvalue weighted by atomic mass is 9.87. The number of hydrogen-bond acceptors (Lipinski definition) is 7. The molecule has 4 aliphatic heterocycles. The molecule has 4 rings (SSSR count). The van der Waals surface area contributed by atoms with Crippen LogP contribution in [0.1, 0.15) is 65.7 Å². The molecule has 0 aliphatic carbocycles. The highest BCUT2D eigenvalue weighted by Gasteiger charge is 2.44. The van der Waals surface area contributed by atoms with Crippen molar-refractivity contribution in [1.29, 1.82) is 0 Å². The Labute approximate surface area is 221 Å². The van der Waals surface area contributed by atoms with Crippen LogP contribution in [0.25, 0.3) is 0 Å². The van der Waals surface area contributed by atoms with Gasteiger partial charge in [-0.2, -0.15) is 0 Å². The number of cyclic esters (lactones) is 1. The largest absolute Gasteiger partial charge is 0.425 e. The van der Waals surface area contributed by atoms with Crippen LogP contribution in [0.2, 0.25) is 0 Å². The van der Waals surface area contributed by atoms with Gasteiger partial charge in [-0.1, -0.05) is 51.2 Å². The topological polar surface area (TPSA) is 97.8 Å². The van der Waals surface area contributed by atoms with Crippen LogP contribution in [0.15, 0.2) is 48.3 Å². The van der Waals surface area contributed by atoms with Crippen molar-refractivity contribution in [3.63, 3.8) is 0 Å². The average Bonchev–Trinajstić information content (AvgIpc) is 3.61. The molecule has 0 aromatic rings. The van der Waals surface area contributed by atoms with Gasteiger partial charge < -0.3 is 29.2 Å². The number of ether oxygens (including phenoxy) is 4. The van der Waals surface area contributed by atoms with Crippen LogP contribution in [0.5, 0.6) is 0 Å². The van der Waals surface area contributed by atoms with Crippen molar-refractivity contribution in [2.75, 3.05) is 6.61 Å². The molecule has 7 unspecified atom stereocenters. The lowest BCUT2D eigenvalue weighted by Gasteiger charge is -2.28. The first-order valence-electron chi connectivity index (χ1n) is 14.0. The number of carbonyl (C=O) groups is 1. The monoisotopic (exact) mass is 516 g/mol. The minimum atomic E-state index is -1.13. The van der Waals surface area contributed by atoms with Crippen molar-refractivity contribution < 1.29 is 34.0 Å². The van der Waals surface area contributed by atoms with Gasteiger partial charge in [0.25, 0.3) is 0 Å². The van der Waals surface area contributed by atoms with Crippen molar-refractivity contribution in [2.24, 2.45) is 17.8 Å². The van der Waals surface area contributed by atoms with Crippen molar-refractivity contribution in [3.8, 4) is 0 Å². The van der Waals surface area contributed by atoms with Gasteiger partial charge in [-0.3, -0.25) is 0 Å². The molecule has 4 heterocycles. The zero-order chi connectivity index (χ0) is 26.4. The summed E-state index contributed by atoms with van der Waals surface area (Å²) in [5.41, 5.74) is 0. The molecule has 2 saturated heterocycles. The second-order valence-corrected chi connectivity index (χ2v) is 11.5. The molecule has 2 N–H and O–H groups in total. The molecule has 4 aliphatic rings. The van der Waals surface area contributed by atoms with E-state index in [0.717, 1.165) is 32.1 Å².